The summed E-state index contributed by atoms with van der Waals surface area (Å²) in [6, 6.07) is 14.9. The van der Waals surface area contributed by atoms with E-state index in [4.69, 9.17) is 4.74 Å². The van der Waals surface area contributed by atoms with Crippen LogP contribution in [0.1, 0.15) is 16.7 Å². The van der Waals surface area contributed by atoms with E-state index in [-0.39, 0.29) is 0 Å². The number of methoxy groups -OCH3 is 1. The van der Waals surface area contributed by atoms with Gasteiger partial charge in [-0.2, -0.15) is 0 Å². The molecule has 3 rings (SSSR count). The Balaban J connectivity index is 1.94. The third-order valence-electron chi connectivity index (χ3n) is 3.83. The number of anilines is 1. The maximum atomic E-state index is 5.48. The van der Waals surface area contributed by atoms with E-state index in [9.17, 15) is 0 Å². The van der Waals surface area contributed by atoms with Crippen molar-refractivity contribution in [1.82, 2.24) is 0 Å². The van der Waals surface area contributed by atoms with Gasteiger partial charge < -0.3 is 9.64 Å². The number of aryl methyl sites for hydroxylation is 1. The number of benzene rings is 2. The van der Waals surface area contributed by atoms with Gasteiger partial charge in [0.2, 0.25) is 0 Å². The summed E-state index contributed by atoms with van der Waals surface area (Å²) < 4.78 is 5.48. The van der Waals surface area contributed by atoms with E-state index < -0.39 is 0 Å². The molecule has 0 saturated heterocycles. The van der Waals surface area contributed by atoms with E-state index in [1.807, 2.05) is 0 Å². The van der Waals surface area contributed by atoms with E-state index >= 15 is 0 Å². The van der Waals surface area contributed by atoms with Gasteiger partial charge in [0.15, 0.2) is 0 Å². The van der Waals surface area contributed by atoms with Gasteiger partial charge >= 0.3 is 0 Å². The van der Waals surface area contributed by atoms with E-state index in [0.717, 1.165) is 25.3 Å². The van der Waals surface area contributed by atoms with Gasteiger partial charge in [-0.15, -0.1) is 0 Å². The Bertz CT molecular complexity index is 577. The molecule has 0 spiro atoms. The molecule has 1 heterocycles. The predicted molar refractivity (Wildman–Crippen MR) is 78.9 cm³/mol. The minimum Gasteiger partial charge on any atom is -0.496 e. The third-order valence-corrected chi connectivity index (χ3v) is 3.83. The second-order valence-electron chi connectivity index (χ2n) is 5.07. The molecule has 0 radical (unpaired) electrons. The summed E-state index contributed by atoms with van der Waals surface area (Å²) in [5.74, 6) is 1.02. The molecule has 0 atom stereocenters. The number of nitrogens with zero attached hydrogens (tertiary/aromatic N) is 1. The number of ether oxygens (including phenoxy) is 1. The fourth-order valence-corrected chi connectivity index (χ4v) is 2.93. The first-order valence-electron chi connectivity index (χ1n) is 6.75. The van der Waals surface area contributed by atoms with E-state index in [2.05, 4.69) is 54.3 Å². The highest BCUT2D eigenvalue weighted by Crippen LogP contribution is 2.38. The Hall–Kier alpha value is -1.96. The second-order valence-corrected chi connectivity index (χ2v) is 5.07. The number of hydrogen-bond donors (Lipinski definition) is 0. The molecule has 2 aromatic rings. The SMILES string of the molecule is COc1ccc(C)c2c1CCN2Cc1ccccc1. The summed E-state index contributed by atoms with van der Waals surface area (Å²) in [6.07, 6.45) is 1.08. The summed E-state index contributed by atoms with van der Waals surface area (Å²) in [7, 11) is 1.75. The molecule has 0 amide bonds. The van der Waals surface area contributed by atoms with Gasteiger partial charge in [0, 0.05) is 24.3 Å². The molecule has 0 unspecified atom stereocenters. The van der Waals surface area contributed by atoms with Crippen molar-refractivity contribution in [3.63, 3.8) is 0 Å². The van der Waals surface area contributed by atoms with Gasteiger partial charge in [-0.3, -0.25) is 0 Å². The van der Waals surface area contributed by atoms with Crippen LogP contribution in [0.2, 0.25) is 0 Å². The number of fused-ring (bicyclic) bond motifs is 1. The summed E-state index contributed by atoms with van der Waals surface area (Å²) >= 11 is 0. The van der Waals surface area contributed by atoms with Gasteiger partial charge in [0.05, 0.1) is 7.11 Å². The van der Waals surface area contributed by atoms with Gasteiger partial charge in [-0.25, -0.2) is 0 Å². The summed E-state index contributed by atoms with van der Waals surface area (Å²) in [6.45, 7) is 4.23. The van der Waals surface area contributed by atoms with Gasteiger partial charge in [0.25, 0.3) is 0 Å². The average molecular weight is 253 g/mol. The minimum atomic E-state index is 0.974. The zero-order valence-electron chi connectivity index (χ0n) is 11.5. The van der Waals surface area contributed by atoms with Crippen molar-refractivity contribution in [1.29, 1.82) is 0 Å². The standard InChI is InChI=1S/C17H19NO/c1-13-8-9-16(19-2)15-10-11-18(17(13)15)12-14-6-4-3-5-7-14/h3-9H,10-12H2,1-2H3. The van der Waals surface area contributed by atoms with Crippen molar-refractivity contribution in [3.05, 3.63) is 59.2 Å². The van der Waals surface area contributed by atoms with Crippen molar-refractivity contribution in [2.45, 2.75) is 19.9 Å². The van der Waals surface area contributed by atoms with E-state index in [1.54, 1.807) is 7.11 Å². The van der Waals surface area contributed by atoms with Crippen LogP contribution in [-0.2, 0) is 13.0 Å². The van der Waals surface area contributed by atoms with Crippen molar-refractivity contribution < 1.29 is 4.74 Å². The van der Waals surface area contributed by atoms with Crippen LogP contribution in [0.4, 0.5) is 5.69 Å². The molecular formula is C17H19NO. The van der Waals surface area contributed by atoms with Crippen LogP contribution >= 0.6 is 0 Å². The zero-order valence-corrected chi connectivity index (χ0v) is 11.5. The van der Waals surface area contributed by atoms with Crippen molar-refractivity contribution in [2.24, 2.45) is 0 Å². The topological polar surface area (TPSA) is 12.5 Å². The molecule has 1 aliphatic heterocycles. The highest BCUT2D eigenvalue weighted by molar-refractivity contribution is 5.67. The maximum absolute atomic E-state index is 5.48. The molecule has 0 N–H and O–H groups in total. The van der Waals surface area contributed by atoms with Crippen molar-refractivity contribution in [2.75, 3.05) is 18.6 Å². The first-order valence-corrected chi connectivity index (χ1v) is 6.75. The molecule has 0 fully saturated rings. The van der Waals surface area contributed by atoms with Crippen molar-refractivity contribution >= 4 is 5.69 Å². The molecular weight excluding hydrogens is 234 g/mol. The first-order chi connectivity index (χ1) is 9.29. The van der Waals surface area contributed by atoms with Gasteiger partial charge in [0.1, 0.15) is 5.75 Å². The Morgan fingerprint density at radius 2 is 1.89 bits per heavy atom. The van der Waals surface area contributed by atoms with Crippen LogP contribution in [0, 0.1) is 6.92 Å². The largest absolute Gasteiger partial charge is 0.496 e. The Kier molecular flexibility index (Phi) is 3.16. The highest BCUT2D eigenvalue weighted by Gasteiger charge is 2.24. The lowest BCUT2D eigenvalue weighted by Crippen LogP contribution is -2.20. The second kappa shape index (κ2) is 4.96. The molecule has 2 heteroatoms. The summed E-state index contributed by atoms with van der Waals surface area (Å²) in [5, 5.41) is 0. The normalized spacial score (nSPS) is 13.5. The van der Waals surface area contributed by atoms with Crippen LogP contribution in [0.5, 0.6) is 5.75 Å². The lowest BCUT2D eigenvalue weighted by molar-refractivity contribution is 0.411. The molecule has 98 valence electrons. The smallest absolute Gasteiger partial charge is 0.124 e. The molecule has 1 aliphatic rings. The fraction of sp³-hybridized carbons (Fsp3) is 0.294. The number of hydrogen-bond acceptors (Lipinski definition) is 2. The summed E-state index contributed by atoms with van der Waals surface area (Å²) in [5.41, 5.74) is 5.42. The molecule has 0 aromatic heterocycles. The van der Waals surface area contributed by atoms with E-state index in [0.29, 0.717) is 0 Å². The van der Waals surface area contributed by atoms with Crippen molar-refractivity contribution in [3.8, 4) is 5.75 Å². The van der Waals surface area contributed by atoms with Gasteiger partial charge in [-0.05, 0) is 30.5 Å². The average Bonchev–Trinajstić information content (AvgIpc) is 2.85. The van der Waals surface area contributed by atoms with Crippen LogP contribution < -0.4 is 9.64 Å². The quantitative estimate of drug-likeness (QED) is 0.829. The monoisotopic (exact) mass is 253 g/mol. The lowest BCUT2D eigenvalue weighted by atomic mass is 10.1. The van der Waals surface area contributed by atoms with Crippen LogP contribution in [0.15, 0.2) is 42.5 Å². The molecule has 0 aliphatic carbocycles. The number of rotatable bonds is 3. The summed E-state index contributed by atoms with van der Waals surface area (Å²) in [4.78, 5) is 2.46. The maximum Gasteiger partial charge on any atom is 0.124 e. The molecule has 19 heavy (non-hydrogen) atoms. The molecule has 2 aromatic carbocycles. The Morgan fingerprint density at radius 1 is 1.11 bits per heavy atom. The molecule has 0 saturated carbocycles. The zero-order chi connectivity index (χ0) is 13.2. The minimum absolute atomic E-state index is 0.974. The third kappa shape index (κ3) is 2.19. The van der Waals surface area contributed by atoms with E-state index in [1.165, 1.54) is 22.4 Å². The highest BCUT2D eigenvalue weighted by atomic mass is 16.5. The first kappa shape index (κ1) is 12.1. The van der Waals surface area contributed by atoms with Gasteiger partial charge in [-0.1, -0.05) is 36.4 Å². The Labute approximate surface area is 114 Å². The lowest BCUT2D eigenvalue weighted by Gasteiger charge is -2.22. The molecule has 0 bridgehead atoms. The Morgan fingerprint density at radius 3 is 2.63 bits per heavy atom. The van der Waals surface area contributed by atoms with Crippen LogP contribution in [0.3, 0.4) is 0 Å². The molecule has 2 nitrogen and oxygen atoms in total. The fourth-order valence-electron chi connectivity index (χ4n) is 2.93. The van der Waals surface area contributed by atoms with Crippen LogP contribution in [0.25, 0.3) is 0 Å². The predicted octanol–water partition coefficient (Wildman–Crippen LogP) is 3.57. The van der Waals surface area contributed by atoms with Crippen LogP contribution in [-0.4, -0.2) is 13.7 Å².